The molecule has 2 N–H and O–H groups in total. The summed E-state index contributed by atoms with van der Waals surface area (Å²) in [5.74, 6) is 0.674. The Morgan fingerprint density at radius 1 is 0.955 bits per heavy atom. The van der Waals surface area contributed by atoms with E-state index in [4.69, 9.17) is 4.74 Å². The van der Waals surface area contributed by atoms with Gasteiger partial charge in [0.2, 0.25) is 15.9 Å². The molecule has 1 fully saturated rings. The second-order valence-electron chi connectivity index (χ2n) is 9.82. The summed E-state index contributed by atoms with van der Waals surface area (Å²) in [6, 6.07) is 20.6. The Kier molecular flexibility index (Phi) is 10.4. The predicted molar refractivity (Wildman–Crippen MR) is 172 cm³/mol. The van der Waals surface area contributed by atoms with Crippen molar-refractivity contribution in [3.05, 3.63) is 88.7 Å². The molecule has 3 aromatic carbocycles. The zero-order valence-electron chi connectivity index (χ0n) is 23.9. The molecule has 44 heavy (non-hydrogen) atoms. The van der Waals surface area contributed by atoms with Crippen molar-refractivity contribution in [2.75, 3.05) is 30.8 Å². The van der Waals surface area contributed by atoms with Crippen LogP contribution in [-0.2, 0) is 21.4 Å². The number of benzene rings is 3. The monoisotopic (exact) mass is 698 g/mol. The molecule has 1 aliphatic heterocycles. The van der Waals surface area contributed by atoms with Crippen molar-refractivity contribution in [2.24, 2.45) is 0 Å². The third-order valence-corrected chi connectivity index (χ3v) is 10.2. The largest absolute Gasteiger partial charge is 0.494 e. The molecule has 4 aromatic rings. The maximum absolute atomic E-state index is 13.0. The lowest BCUT2D eigenvalue weighted by Gasteiger charge is -2.15. The number of hydrogen-bond donors (Lipinski definition) is 2. The van der Waals surface area contributed by atoms with E-state index in [0.29, 0.717) is 41.9 Å². The van der Waals surface area contributed by atoms with Gasteiger partial charge in [-0.1, -0.05) is 27.7 Å². The van der Waals surface area contributed by atoms with E-state index in [2.05, 4.69) is 36.8 Å². The van der Waals surface area contributed by atoms with Crippen molar-refractivity contribution in [2.45, 2.75) is 36.4 Å². The Bertz CT molecular complexity index is 1710. The van der Waals surface area contributed by atoms with Crippen LogP contribution in [0.2, 0.25) is 0 Å². The molecule has 0 atom stereocenters. The molecule has 2 amide bonds. The van der Waals surface area contributed by atoms with Crippen LogP contribution in [-0.4, -0.2) is 64.8 Å². The van der Waals surface area contributed by atoms with Crippen LogP contribution in [0.1, 0.15) is 35.9 Å². The molecular formula is C30H31BrN6O5S2. The average Bonchev–Trinajstić information content (AvgIpc) is 3.72. The van der Waals surface area contributed by atoms with Crippen LogP contribution in [0.15, 0.2) is 87.3 Å². The van der Waals surface area contributed by atoms with E-state index < -0.39 is 10.0 Å². The first kappa shape index (κ1) is 31.7. The Morgan fingerprint density at radius 2 is 1.64 bits per heavy atom. The molecule has 1 aliphatic rings. The maximum Gasteiger partial charge on any atom is 0.251 e. The molecule has 11 nitrogen and oxygen atoms in total. The van der Waals surface area contributed by atoms with Gasteiger partial charge in [0, 0.05) is 34.5 Å². The number of anilines is 1. The van der Waals surface area contributed by atoms with Crippen LogP contribution < -0.4 is 15.4 Å². The van der Waals surface area contributed by atoms with Gasteiger partial charge in [-0.15, -0.1) is 10.2 Å². The van der Waals surface area contributed by atoms with Gasteiger partial charge in [0.15, 0.2) is 11.0 Å². The lowest BCUT2D eigenvalue weighted by Crippen LogP contribution is -2.28. The Hall–Kier alpha value is -3.72. The summed E-state index contributed by atoms with van der Waals surface area (Å²) < 4.78 is 35.2. The minimum atomic E-state index is -3.57. The van der Waals surface area contributed by atoms with Crippen molar-refractivity contribution in [1.29, 1.82) is 0 Å². The number of ether oxygens (including phenoxy) is 1. The highest BCUT2D eigenvalue weighted by molar-refractivity contribution is 9.10. The number of sulfonamides is 1. The second kappa shape index (κ2) is 14.4. The van der Waals surface area contributed by atoms with Gasteiger partial charge < -0.3 is 15.4 Å². The van der Waals surface area contributed by atoms with Gasteiger partial charge >= 0.3 is 0 Å². The van der Waals surface area contributed by atoms with Crippen LogP contribution in [0.25, 0.3) is 5.69 Å². The number of amides is 2. The number of aromatic nitrogens is 3. The molecule has 0 saturated carbocycles. The first-order valence-electron chi connectivity index (χ1n) is 14.0. The summed E-state index contributed by atoms with van der Waals surface area (Å²) >= 11 is 4.67. The maximum atomic E-state index is 13.0. The first-order chi connectivity index (χ1) is 21.2. The van der Waals surface area contributed by atoms with Crippen LogP contribution in [0, 0.1) is 0 Å². The lowest BCUT2D eigenvalue weighted by molar-refractivity contribution is -0.113. The fraction of sp³-hybridized carbons (Fsp3) is 0.267. The molecule has 5 rings (SSSR count). The topological polar surface area (TPSA) is 136 Å². The summed E-state index contributed by atoms with van der Waals surface area (Å²) in [6.45, 7) is 3.54. The van der Waals surface area contributed by atoms with E-state index >= 15 is 0 Å². The highest BCUT2D eigenvalue weighted by atomic mass is 79.9. The van der Waals surface area contributed by atoms with Crippen molar-refractivity contribution < 1.29 is 22.7 Å². The zero-order valence-corrected chi connectivity index (χ0v) is 27.1. The number of halogens is 1. The summed E-state index contributed by atoms with van der Waals surface area (Å²) in [4.78, 5) is 25.8. The number of carbonyl (C=O) groups is 2. The minimum Gasteiger partial charge on any atom is -0.494 e. The highest BCUT2D eigenvalue weighted by Gasteiger charge is 2.27. The van der Waals surface area contributed by atoms with Crippen molar-refractivity contribution in [3.63, 3.8) is 0 Å². The summed E-state index contributed by atoms with van der Waals surface area (Å²) in [7, 11) is -3.57. The third kappa shape index (κ3) is 7.67. The number of carbonyl (C=O) groups excluding carboxylic acids is 2. The van der Waals surface area contributed by atoms with Crippen LogP contribution in [0.5, 0.6) is 5.75 Å². The van der Waals surface area contributed by atoms with Crippen molar-refractivity contribution >= 4 is 55.2 Å². The number of nitrogens with one attached hydrogen (secondary N) is 2. The molecule has 1 saturated heterocycles. The smallest absolute Gasteiger partial charge is 0.251 e. The van der Waals surface area contributed by atoms with Crippen molar-refractivity contribution in [1.82, 2.24) is 24.4 Å². The van der Waals surface area contributed by atoms with Gasteiger partial charge in [-0.05, 0) is 92.6 Å². The summed E-state index contributed by atoms with van der Waals surface area (Å²) in [5, 5.41) is 14.8. The summed E-state index contributed by atoms with van der Waals surface area (Å²) in [6.07, 6.45) is 1.70. The molecule has 1 aromatic heterocycles. The normalized spacial score (nSPS) is 13.5. The molecule has 0 unspecified atom stereocenters. The molecule has 0 spiro atoms. The molecule has 0 aliphatic carbocycles. The van der Waals surface area contributed by atoms with Gasteiger partial charge in [0.25, 0.3) is 5.91 Å². The third-order valence-electron chi connectivity index (χ3n) is 6.79. The van der Waals surface area contributed by atoms with Crippen molar-refractivity contribution in [3.8, 4) is 11.4 Å². The van der Waals surface area contributed by atoms with E-state index in [0.717, 1.165) is 28.8 Å². The molecule has 0 radical (unpaired) electrons. The van der Waals surface area contributed by atoms with Gasteiger partial charge in [-0.2, -0.15) is 4.31 Å². The predicted octanol–water partition coefficient (Wildman–Crippen LogP) is 4.87. The lowest BCUT2D eigenvalue weighted by atomic mass is 10.2. The molecular weight excluding hydrogens is 668 g/mol. The molecule has 0 bridgehead atoms. The Labute approximate surface area is 268 Å². The highest BCUT2D eigenvalue weighted by Crippen LogP contribution is 2.25. The number of hydrogen-bond acceptors (Lipinski definition) is 8. The fourth-order valence-corrected chi connectivity index (χ4v) is 7.16. The standard InChI is InChI=1S/C30H31BrN6O5S2/c1-2-42-25-13-9-23(10-14-25)33-28(38)20-43-30-35-34-27(37(30)24-11-7-22(31)8-12-24)19-32-29(39)21-5-15-26(16-6-21)44(40,41)36-17-3-4-18-36/h5-16H,2-4,17-20H2,1H3,(H,32,39)(H,33,38). The number of nitrogens with zero attached hydrogens (tertiary/aromatic N) is 4. The number of thioether (sulfide) groups is 1. The first-order valence-corrected chi connectivity index (χ1v) is 17.2. The number of rotatable bonds is 12. The van der Waals surface area contributed by atoms with E-state index in [1.165, 1.54) is 40.3 Å². The van der Waals surface area contributed by atoms with E-state index in [9.17, 15) is 18.0 Å². The van der Waals surface area contributed by atoms with Crippen LogP contribution in [0.4, 0.5) is 5.69 Å². The van der Waals surface area contributed by atoms with Crippen LogP contribution >= 0.6 is 27.7 Å². The molecule has 14 heteroatoms. The second-order valence-corrected chi connectivity index (χ2v) is 13.6. The zero-order chi connectivity index (χ0) is 31.1. The summed E-state index contributed by atoms with van der Waals surface area (Å²) in [5.41, 5.74) is 1.73. The SMILES string of the molecule is CCOc1ccc(NC(=O)CSc2nnc(CNC(=O)c3ccc(S(=O)(=O)N4CCCC4)cc3)n2-c2ccc(Br)cc2)cc1. The van der Waals surface area contributed by atoms with E-state index in [1.807, 2.05) is 31.2 Å². The molecule has 2 heterocycles. The van der Waals surface area contributed by atoms with Gasteiger partial charge in [-0.3, -0.25) is 14.2 Å². The van der Waals surface area contributed by atoms with Gasteiger partial charge in [0.05, 0.1) is 23.8 Å². The molecule has 230 valence electrons. The van der Waals surface area contributed by atoms with Gasteiger partial charge in [0.1, 0.15) is 5.75 Å². The average molecular weight is 700 g/mol. The Morgan fingerprint density at radius 3 is 2.30 bits per heavy atom. The van der Waals surface area contributed by atoms with Gasteiger partial charge in [-0.25, -0.2) is 8.42 Å². The van der Waals surface area contributed by atoms with Crippen LogP contribution in [0.3, 0.4) is 0 Å². The van der Waals surface area contributed by atoms with E-state index in [1.54, 1.807) is 28.8 Å². The fourth-order valence-electron chi connectivity index (χ4n) is 4.60. The quantitative estimate of drug-likeness (QED) is 0.200. The minimum absolute atomic E-state index is 0.0503. The van der Waals surface area contributed by atoms with E-state index in [-0.39, 0.29) is 29.0 Å². The Balaban J connectivity index is 1.26.